The van der Waals surface area contributed by atoms with Gasteiger partial charge in [-0.05, 0) is 19.1 Å². The molecule has 11 heteroatoms. The molecular weight excluding hydrogens is 361 g/mol. The van der Waals surface area contributed by atoms with E-state index in [0.29, 0.717) is 0 Å². The highest BCUT2D eigenvalue weighted by molar-refractivity contribution is 7.89. The Morgan fingerprint density at radius 3 is 2.56 bits per heavy atom. The first-order chi connectivity index (χ1) is 11.5. The van der Waals surface area contributed by atoms with Crippen LogP contribution in [0.25, 0.3) is 11.4 Å². The molecule has 0 fully saturated rings. The molecular formula is C14H17F3N4O3S. The summed E-state index contributed by atoms with van der Waals surface area (Å²) >= 11 is 0. The van der Waals surface area contributed by atoms with Gasteiger partial charge >= 0.3 is 11.9 Å². The lowest BCUT2D eigenvalue weighted by molar-refractivity contribution is -0.137. The van der Waals surface area contributed by atoms with Crippen LogP contribution in [-0.2, 0) is 29.8 Å². The van der Waals surface area contributed by atoms with E-state index in [4.69, 9.17) is 0 Å². The first-order valence-corrected chi connectivity index (χ1v) is 8.99. The maximum Gasteiger partial charge on any atom is 0.416 e. The molecule has 25 heavy (non-hydrogen) atoms. The molecule has 0 spiro atoms. The Morgan fingerprint density at radius 2 is 1.96 bits per heavy atom. The molecule has 0 atom stereocenters. The van der Waals surface area contributed by atoms with Crippen molar-refractivity contribution >= 4 is 10.0 Å². The van der Waals surface area contributed by atoms with E-state index in [-0.39, 0.29) is 30.2 Å². The van der Waals surface area contributed by atoms with E-state index in [0.717, 1.165) is 21.4 Å². The number of aromatic nitrogens is 3. The molecule has 1 N–H and O–H groups in total. The van der Waals surface area contributed by atoms with Gasteiger partial charge in [0.2, 0.25) is 10.0 Å². The van der Waals surface area contributed by atoms with Crippen LogP contribution in [0.3, 0.4) is 0 Å². The molecule has 138 valence electrons. The summed E-state index contributed by atoms with van der Waals surface area (Å²) < 4.78 is 65.6. The molecule has 0 aliphatic rings. The highest BCUT2D eigenvalue weighted by atomic mass is 32.2. The minimum atomic E-state index is -4.50. The Bertz CT molecular complexity index is 916. The third-order valence-electron chi connectivity index (χ3n) is 3.51. The zero-order valence-corrected chi connectivity index (χ0v) is 14.4. The third kappa shape index (κ3) is 4.48. The number of benzene rings is 1. The molecule has 7 nitrogen and oxygen atoms in total. The summed E-state index contributed by atoms with van der Waals surface area (Å²) in [5, 5.41) is 4.01. The van der Waals surface area contributed by atoms with Crippen molar-refractivity contribution in [2.24, 2.45) is 7.05 Å². The first kappa shape index (κ1) is 19.2. The fourth-order valence-electron chi connectivity index (χ4n) is 2.13. The highest BCUT2D eigenvalue weighted by Crippen LogP contribution is 2.31. The van der Waals surface area contributed by atoms with Crippen LogP contribution in [0.15, 0.2) is 29.1 Å². The average molecular weight is 378 g/mol. The summed E-state index contributed by atoms with van der Waals surface area (Å²) in [7, 11) is -2.02. The van der Waals surface area contributed by atoms with E-state index >= 15 is 0 Å². The number of alkyl halides is 3. The lowest BCUT2D eigenvalue weighted by Gasteiger charge is -2.08. The van der Waals surface area contributed by atoms with E-state index < -0.39 is 27.5 Å². The summed E-state index contributed by atoms with van der Waals surface area (Å²) in [6.45, 7) is 1.39. The highest BCUT2D eigenvalue weighted by Gasteiger charge is 2.30. The molecule has 0 bridgehead atoms. The summed E-state index contributed by atoms with van der Waals surface area (Å²) in [4.78, 5) is 12.1. The molecule has 1 heterocycles. The van der Waals surface area contributed by atoms with E-state index in [1.807, 2.05) is 0 Å². The number of halogens is 3. The molecule has 0 amide bonds. The Morgan fingerprint density at radius 1 is 1.28 bits per heavy atom. The fraction of sp³-hybridized carbons (Fsp3) is 0.429. The summed E-state index contributed by atoms with van der Waals surface area (Å²) in [6.07, 6.45) is -4.50. The van der Waals surface area contributed by atoms with E-state index in [1.165, 1.54) is 26.1 Å². The zero-order chi connectivity index (χ0) is 18.8. The number of hydrogen-bond donors (Lipinski definition) is 1. The molecule has 1 aromatic carbocycles. The topological polar surface area (TPSA) is 86.0 Å². The fourth-order valence-corrected chi connectivity index (χ4v) is 2.74. The van der Waals surface area contributed by atoms with Crippen LogP contribution in [0.1, 0.15) is 12.5 Å². The molecule has 0 aliphatic carbocycles. The summed E-state index contributed by atoms with van der Waals surface area (Å²) in [5.41, 5.74) is -1.26. The van der Waals surface area contributed by atoms with Gasteiger partial charge in [-0.25, -0.2) is 22.6 Å². The average Bonchev–Trinajstić information content (AvgIpc) is 2.83. The van der Waals surface area contributed by atoms with Gasteiger partial charge in [0.25, 0.3) is 0 Å². The van der Waals surface area contributed by atoms with Crippen molar-refractivity contribution in [1.29, 1.82) is 0 Å². The van der Waals surface area contributed by atoms with Crippen LogP contribution in [0.2, 0.25) is 0 Å². The van der Waals surface area contributed by atoms with Gasteiger partial charge in [-0.2, -0.15) is 13.2 Å². The van der Waals surface area contributed by atoms with Crippen molar-refractivity contribution in [1.82, 2.24) is 19.1 Å². The van der Waals surface area contributed by atoms with Gasteiger partial charge in [0.1, 0.15) is 0 Å². The van der Waals surface area contributed by atoms with Gasteiger partial charge in [-0.15, -0.1) is 5.10 Å². The molecule has 0 unspecified atom stereocenters. The molecule has 1 aromatic heterocycles. The predicted molar refractivity (Wildman–Crippen MR) is 85.4 cm³/mol. The number of hydrogen-bond acceptors (Lipinski definition) is 4. The van der Waals surface area contributed by atoms with Crippen LogP contribution >= 0.6 is 0 Å². The van der Waals surface area contributed by atoms with E-state index in [9.17, 15) is 26.4 Å². The van der Waals surface area contributed by atoms with Crippen LogP contribution in [-0.4, -0.2) is 35.1 Å². The lowest BCUT2D eigenvalue weighted by Crippen LogP contribution is -2.32. The Labute approximate surface area is 142 Å². The third-order valence-corrected chi connectivity index (χ3v) is 4.92. The number of sulfonamides is 1. The maximum absolute atomic E-state index is 12.8. The van der Waals surface area contributed by atoms with Gasteiger partial charge in [-0.3, -0.25) is 4.57 Å². The van der Waals surface area contributed by atoms with Gasteiger partial charge < -0.3 is 0 Å². The van der Waals surface area contributed by atoms with Crippen LogP contribution in [0.5, 0.6) is 0 Å². The standard InChI is InChI=1S/C14H17F3N4O3S/c1-3-25(23,24)18-7-8-21-13(22)20(2)12(19-21)10-5-4-6-11(9-10)14(15,16)17/h4-6,9,18H,3,7-8H2,1-2H3. The molecule has 0 aliphatic heterocycles. The second-order valence-corrected chi connectivity index (χ2v) is 7.36. The number of rotatable bonds is 6. The van der Waals surface area contributed by atoms with Gasteiger partial charge in [-0.1, -0.05) is 12.1 Å². The summed E-state index contributed by atoms with van der Waals surface area (Å²) in [6, 6.07) is 4.49. The minimum absolute atomic E-state index is 0.0368. The van der Waals surface area contributed by atoms with Crippen molar-refractivity contribution in [2.75, 3.05) is 12.3 Å². The van der Waals surface area contributed by atoms with Crippen molar-refractivity contribution < 1.29 is 21.6 Å². The second-order valence-electron chi connectivity index (χ2n) is 5.26. The van der Waals surface area contributed by atoms with Gasteiger partial charge in [0.05, 0.1) is 17.9 Å². The SMILES string of the molecule is CCS(=O)(=O)NCCn1nc(-c2cccc(C(F)(F)F)c2)n(C)c1=O. The quantitative estimate of drug-likeness (QED) is 0.819. The second kappa shape index (κ2) is 7.00. The van der Waals surface area contributed by atoms with Gasteiger partial charge in [0.15, 0.2) is 5.82 Å². The van der Waals surface area contributed by atoms with Crippen LogP contribution in [0, 0.1) is 0 Å². The molecule has 0 saturated carbocycles. The van der Waals surface area contributed by atoms with Crippen molar-refractivity contribution in [3.05, 3.63) is 40.3 Å². The van der Waals surface area contributed by atoms with E-state index in [2.05, 4.69) is 9.82 Å². The Balaban J connectivity index is 2.29. The Kier molecular flexibility index (Phi) is 5.37. The number of nitrogens with zero attached hydrogens (tertiary/aromatic N) is 3. The molecule has 2 rings (SSSR count). The van der Waals surface area contributed by atoms with Crippen molar-refractivity contribution in [3.63, 3.8) is 0 Å². The van der Waals surface area contributed by atoms with Crippen LogP contribution in [0.4, 0.5) is 13.2 Å². The zero-order valence-electron chi connectivity index (χ0n) is 13.5. The normalized spacial score (nSPS) is 12.5. The van der Waals surface area contributed by atoms with Crippen LogP contribution < -0.4 is 10.4 Å². The van der Waals surface area contributed by atoms with Crippen molar-refractivity contribution in [3.8, 4) is 11.4 Å². The Hall–Kier alpha value is -2.14. The predicted octanol–water partition coefficient (Wildman–Crippen LogP) is 1.21. The minimum Gasteiger partial charge on any atom is -0.278 e. The largest absolute Gasteiger partial charge is 0.416 e. The molecule has 2 aromatic rings. The first-order valence-electron chi connectivity index (χ1n) is 7.34. The lowest BCUT2D eigenvalue weighted by atomic mass is 10.1. The summed E-state index contributed by atoms with van der Waals surface area (Å²) in [5.74, 6) is -0.0333. The maximum atomic E-state index is 12.8. The number of nitrogens with one attached hydrogen (secondary N) is 1. The van der Waals surface area contributed by atoms with E-state index in [1.54, 1.807) is 0 Å². The smallest absolute Gasteiger partial charge is 0.278 e. The molecule has 0 saturated heterocycles. The van der Waals surface area contributed by atoms with Gasteiger partial charge in [0, 0.05) is 19.2 Å². The van der Waals surface area contributed by atoms with Crippen molar-refractivity contribution in [2.45, 2.75) is 19.6 Å². The monoisotopic (exact) mass is 378 g/mol. The molecule has 0 radical (unpaired) electrons.